The van der Waals surface area contributed by atoms with E-state index in [0.29, 0.717) is 5.39 Å². The molecule has 4 rings (SSSR count). The molecule has 3 aromatic rings. The molecule has 1 amide bonds. The molecule has 0 aliphatic heterocycles. The van der Waals surface area contributed by atoms with Crippen molar-refractivity contribution in [1.82, 2.24) is 20.1 Å². The maximum absolute atomic E-state index is 12.6. The number of benzene rings is 1. The first-order valence-corrected chi connectivity index (χ1v) is 10.1. The summed E-state index contributed by atoms with van der Waals surface area (Å²) in [5.41, 5.74) is 1.67. The van der Waals surface area contributed by atoms with Gasteiger partial charge in [0, 0.05) is 10.3 Å². The van der Waals surface area contributed by atoms with Gasteiger partial charge in [-0.05, 0) is 45.6 Å². The van der Waals surface area contributed by atoms with Gasteiger partial charge >= 0.3 is 0 Å². The average molecular weight is 382 g/mol. The number of hydrogen-bond donors (Lipinski definition) is 1. The van der Waals surface area contributed by atoms with Gasteiger partial charge in [-0.2, -0.15) is 5.10 Å². The van der Waals surface area contributed by atoms with E-state index in [0.717, 1.165) is 28.9 Å². The van der Waals surface area contributed by atoms with E-state index in [1.54, 1.807) is 17.4 Å². The van der Waals surface area contributed by atoms with Crippen molar-refractivity contribution in [1.29, 1.82) is 0 Å². The van der Waals surface area contributed by atoms with Gasteiger partial charge in [0.25, 0.3) is 5.56 Å². The fourth-order valence-corrected chi connectivity index (χ4v) is 4.71. The van der Waals surface area contributed by atoms with Gasteiger partial charge < -0.3 is 5.32 Å². The molecule has 1 aliphatic rings. The van der Waals surface area contributed by atoms with Crippen molar-refractivity contribution < 1.29 is 4.79 Å². The van der Waals surface area contributed by atoms with Crippen LogP contribution >= 0.6 is 11.3 Å². The zero-order valence-corrected chi connectivity index (χ0v) is 16.3. The topological polar surface area (TPSA) is 76.9 Å². The molecule has 1 N–H and O–H groups in total. The molecule has 27 heavy (non-hydrogen) atoms. The molecule has 1 aliphatic carbocycles. The zero-order chi connectivity index (χ0) is 19.0. The zero-order valence-electron chi connectivity index (χ0n) is 15.5. The fourth-order valence-electron chi connectivity index (χ4n) is 3.55. The maximum Gasteiger partial charge on any atom is 0.275 e. The molecule has 0 saturated heterocycles. The lowest BCUT2D eigenvalue weighted by Crippen LogP contribution is -2.35. The number of amides is 1. The van der Waals surface area contributed by atoms with E-state index in [2.05, 4.69) is 10.4 Å². The van der Waals surface area contributed by atoms with Crippen LogP contribution in [0.3, 0.4) is 0 Å². The second-order valence-electron chi connectivity index (χ2n) is 7.01. The number of nitrogens with zero attached hydrogens (tertiary/aromatic N) is 3. The maximum atomic E-state index is 12.6. The molecule has 140 valence electrons. The first-order valence-electron chi connectivity index (χ1n) is 9.27. The van der Waals surface area contributed by atoms with E-state index >= 15 is 0 Å². The lowest BCUT2D eigenvalue weighted by atomic mass is 10.0. The second kappa shape index (κ2) is 7.23. The first kappa shape index (κ1) is 17.9. The van der Waals surface area contributed by atoms with Crippen molar-refractivity contribution in [2.24, 2.45) is 0 Å². The average Bonchev–Trinajstić information content (AvgIpc) is 3.10. The predicted molar refractivity (Wildman–Crippen MR) is 106 cm³/mol. The molecule has 7 heteroatoms. The van der Waals surface area contributed by atoms with Crippen molar-refractivity contribution in [3.05, 3.63) is 55.9 Å². The van der Waals surface area contributed by atoms with Gasteiger partial charge in [-0.15, -0.1) is 11.3 Å². The third-order valence-corrected chi connectivity index (χ3v) is 6.30. The van der Waals surface area contributed by atoms with Crippen LogP contribution in [-0.4, -0.2) is 20.7 Å². The number of hydrogen-bond acceptors (Lipinski definition) is 5. The number of rotatable bonds is 4. The van der Waals surface area contributed by atoms with E-state index in [-0.39, 0.29) is 24.1 Å². The normalized spacial score (nSPS) is 14.7. The van der Waals surface area contributed by atoms with Gasteiger partial charge in [0.05, 0.1) is 22.8 Å². The Kier molecular flexibility index (Phi) is 4.78. The summed E-state index contributed by atoms with van der Waals surface area (Å²) in [6, 6.07) is 7.16. The summed E-state index contributed by atoms with van der Waals surface area (Å²) >= 11 is 1.69. The van der Waals surface area contributed by atoms with E-state index in [1.165, 1.54) is 28.1 Å². The molecule has 2 aromatic heterocycles. The largest absolute Gasteiger partial charge is 0.346 e. The molecule has 0 unspecified atom stereocenters. The SMILES string of the molecule is Cc1nn(CC(=O)N[C@H](C)c2nc3c(s2)CCCC3)c(=O)c2ccccc12. The van der Waals surface area contributed by atoms with Gasteiger partial charge in [-0.25, -0.2) is 9.67 Å². The van der Waals surface area contributed by atoms with Gasteiger partial charge in [-0.3, -0.25) is 9.59 Å². The highest BCUT2D eigenvalue weighted by Gasteiger charge is 2.20. The number of aryl methyl sites for hydroxylation is 3. The molecule has 0 spiro atoms. The summed E-state index contributed by atoms with van der Waals surface area (Å²) in [6.45, 7) is 3.68. The van der Waals surface area contributed by atoms with Crippen molar-refractivity contribution in [3.63, 3.8) is 0 Å². The molecule has 0 saturated carbocycles. The molecule has 1 aromatic carbocycles. The standard InChI is InChI=1S/C20H22N4O2S/c1-12-14-7-3-4-8-15(14)20(26)24(23-12)11-18(25)21-13(2)19-22-16-9-5-6-10-17(16)27-19/h3-4,7-8,13H,5-6,9-11H2,1-2H3,(H,21,25)/t13-/m1/s1. The Bertz CT molecular complexity index is 1050. The van der Waals surface area contributed by atoms with Crippen molar-refractivity contribution in [3.8, 4) is 0 Å². The minimum Gasteiger partial charge on any atom is -0.346 e. The number of nitrogens with one attached hydrogen (secondary N) is 1. The Morgan fingerprint density at radius 3 is 2.78 bits per heavy atom. The number of thiazole rings is 1. The number of carbonyl (C=O) groups is 1. The summed E-state index contributed by atoms with van der Waals surface area (Å²) in [5, 5.41) is 9.60. The molecule has 0 bridgehead atoms. The lowest BCUT2D eigenvalue weighted by molar-refractivity contribution is -0.122. The van der Waals surface area contributed by atoms with E-state index in [9.17, 15) is 9.59 Å². The predicted octanol–water partition coefficient (Wildman–Crippen LogP) is 2.92. The number of fused-ring (bicyclic) bond motifs is 2. The molecule has 1 atom stereocenters. The van der Waals surface area contributed by atoms with Gasteiger partial charge in [0.1, 0.15) is 11.6 Å². The van der Waals surface area contributed by atoms with Gasteiger partial charge in [0.2, 0.25) is 5.91 Å². The molecular weight excluding hydrogens is 360 g/mol. The van der Waals surface area contributed by atoms with Crippen LogP contribution in [0.5, 0.6) is 0 Å². The third kappa shape index (κ3) is 3.51. The summed E-state index contributed by atoms with van der Waals surface area (Å²) in [7, 11) is 0. The Morgan fingerprint density at radius 1 is 1.26 bits per heavy atom. The van der Waals surface area contributed by atoms with Crippen molar-refractivity contribution >= 4 is 28.0 Å². The first-order chi connectivity index (χ1) is 13.0. The Morgan fingerprint density at radius 2 is 2.00 bits per heavy atom. The number of carbonyl (C=O) groups excluding carboxylic acids is 1. The highest BCUT2D eigenvalue weighted by molar-refractivity contribution is 7.11. The van der Waals surface area contributed by atoms with E-state index in [1.807, 2.05) is 32.0 Å². The highest BCUT2D eigenvalue weighted by atomic mass is 32.1. The van der Waals surface area contributed by atoms with E-state index in [4.69, 9.17) is 4.98 Å². The van der Waals surface area contributed by atoms with Crippen LogP contribution in [0.25, 0.3) is 10.8 Å². The quantitative estimate of drug-likeness (QED) is 0.753. The Balaban J connectivity index is 1.51. The highest BCUT2D eigenvalue weighted by Crippen LogP contribution is 2.29. The molecule has 2 heterocycles. The molecule has 0 fully saturated rings. The minimum atomic E-state index is -0.247. The summed E-state index contributed by atoms with van der Waals surface area (Å²) < 4.78 is 1.24. The summed E-state index contributed by atoms with van der Waals surface area (Å²) in [5.74, 6) is -0.236. The van der Waals surface area contributed by atoms with Crippen LogP contribution in [0.4, 0.5) is 0 Å². The van der Waals surface area contributed by atoms with Crippen molar-refractivity contribution in [2.75, 3.05) is 0 Å². The van der Waals surface area contributed by atoms with Crippen molar-refractivity contribution in [2.45, 2.75) is 52.1 Å². The van der Waals surface area contributed by atoms with E-state index < -0.39 is 0 Å². The van der Waals surface area contributed by atoms with Crippen LogP contribution in [-0.2, 0) is 24.2 Å². The summed E-state index contributed by atoms with van der Waals surface area (Å²) in [6.07, 6.45) is 4.52. The Hall–Kier alpha value is -2.54. The third-order valence-electron chi connectivity index (χ3n) is 4.96. The Labute approximate surface area is 161 Å². The molecule has 6 nitrogen and oxygen atoms in total. The lowest BCUT2D eigenvalue weighted by Gasteiger charge is -2.13. The van der Waals surface area contributed by atoms with Crippen LogP contribution in [0.2, 0.25) is 0 Å². The number of aromatic nitrogens is 3. The molecular formula is C20H22N4O2S. The second-order valence-corrected chi connectivity index (χ2v) is 8.13. The summed E-state index contributed by atoms with van der Waals surface area (Å²) in [4.78, 5) is 31.2. The smallest absolute Gasteiger partial charge is 0.275 e. The van der Waals surface area contributed by atoms with Gasteiger partial charge in [0.15, 0.2) is 0 Å². The fraction of sp³-hybridized carbons (Fsp3) is 0.400. The van der Waals surface area contributed by atoms with Crippen LogP contribution in [0.1, 0.15) is 47.1 Å². The minimum absolute atomic E-state index is 0.0973. The van der Waals surface area contributed by atoms with Crippen LogP contribution in [0, 0.1) is 6.92 Å². The van der Waals surface area contributed by atoms with Gasteiger partial charge in [-0.1, -0.05) is 18.2 Å². The van der Waals surface area contributed by atoms with Crippen LogP contribution in [0.15, 0.2) is 29.1 Å². The monoisotopic (exact) mass is 382 g/mol. The molecule has 0 radical (unpaired) electrons. The van der Waals surface area contributed by atoms with Crippen LogP contribution < -0.4 is 10.9 Å².